The molecular weight excluding hydrogens is 306 g/mol. The van der Waals surface area contributed by atoms with E-state index in [0.717, 1.165) is 21.3 Å². The van der Waals surface area contributed by atoms with Gasteiger partial charge in [0.05, 0.1) is 13.2 Å². The smallest absolute Gasteiger partial charge is 0.142 e. The first kappa shape index (κ1) is 14.0. The second-order valence-corrected chi connectivity index (χ2v) is 5.05. The second-order valence-electron chi connectivity index (χ2n) is 4.20. The Kier molecular flexibility index (Phi) is 4.52. The van der Waals surface area contributed by atoms with Crippen LogP contribution >= 0.6 is 15.9 Å². The van der Waals surface area contributed by atoms with E-state index in [9.17, 15) is 0 Å². The van der Waals surface area contributed by atoms with Crippen LogP contribution in [0.1, 0.15) is 22.9 Å². The third-order valence-electron chi connectivity index (χ3n) is 2.98. The van der Waals surface area contributed by atoms with Crippen molar-refractivity contribution in [3.8, 4) is 5.75 Å². The molecule has 2 aromatic rings. The summed E-state index contributed by atoms with van der Waals surface area (Å²) < 4.78 is 6.41. The number of hydrogen-bond donors (Lipinski definition) is 2. The molecule has 0 fully saturated rings. The maximum absolute atomic E-state index is 5.69. The lowest BCUT2D eigenvalue weighted by Crippen LogP contribution is -2.29. The van der Waals surface area contributed by atoms with Gasteiger partial charge in [-0.3, -0.25) is 10.8 Å². The van der Waals surface area contributed by atoms with Crippen LogP contribution in [0.5, 0.6) is 5.75 Å². The van der Waals surface area contributed by atoms with Crippen molar-refractivity contribution < 1.29 is 4.74 Å². The number of benzene rings is 1. The predicted octanol–water partition coefficient (Wildman–Crippen LogP) is 2.71. The molecule has 0 radical (unpaired) electrons. The van der Waals surface area contributed by atoms with Gasteiger partial charge < -0.3 is 4.74 Å². The van der Waals surface area contributed by atoms with Gasteiger partial charge in [0, 0.05) is 10.7 Å². The number of hydrazine groups is 1. The predicted molar refractivity (Wildman–Crippen MR) is 78.8 cm³/mol. The molecule has 1 aromatic heterocycles. The number of aromatic nitrogens is 1. The van der Waals surface area contributed by atoms with Crippen molar-refractivity contribution >= 4 is 15.9 Å². The van der Waals surface area contributed by atoms with E-state index in [1.54, 1.807) is 13.3 Å². The number of nitrogens with zero attached hydrogens (tertiary/aromatic N) is 1. The third kappa shape index (κ3) is 2.94. The van der Waals surface area contributed by atoms with Gasteiger partial charge in [0.2, 0.25) is 0 Å². The van der Waals surface area contributed by atoms with Gasteiger partial charge in [-0.05, 0) is 36.2 Å². The molecule has 0 saturated carbocycles. The van der Waals surface area contributed by atoms with Crippen molar-refractivity contribution in [2.45, 2.75) is 13.0 Å². The minimum absolute atomic E-state index is 0.206. The van der Waals surface area contributed by atoms with Crippen molar-refractivity contribution in [3.05, 3.63) is 57.8 Å². The summed E-state index contributed by atoms with van der Waals surface area (Å²) >= 11 is 3.49. The zero-order chi connectivity index (χ0) is 13.8. The van der Waals surface area contributed by atoms with Crippen LogP contribution in [0.4, 0.5) is 0 Å². The summed E-state index contributed by atoms with van der Waals surface area (Å²) in [5, 5.41) is 0. The summed E-state index contributed by atoms with van der Waals surface area (Å²) in [6.07, 6.45) is 1.73. The first-order valence-corrected chi connectivity index (χ1v) is 6.67. The fourth-order valence-electron chi connectivity index (χ4n) is 1.97. The molecule has 0 amide bonds. The molecule has 0 spiro atoms. The highest BCUT2D eigenvalue weighted by atomic mass is 79.9. The number of aryl methyl sites for hydroxylation is 1. The van der Waals surface area contributed by atoms with E-state index in [4.69, 9.17) is 10.6 Å². The van der Waals surface area contributed by atoms with Gasteiger partial charge in [0.25, 0.3) is 0 Å². The van der Waals surface area contributed by atoms with Crippen LogP contribution in [0.3, 0.4) is 0 Å². The summed E-state index contributed by atoms with van der Waals surface area (Å²) in [5.41, 5.74) is 5.76. The molecule has 1 atom stereocenters. The molecule has 0 aliphatic carbocycles. The summed E-state index contributed by atoms with van der Waals surface area (Å²) in [4.78, 5) is 4.37. The largest absolute Gasteiger partial charge is 0.495 e. The molecule has 4 nitrogen and oxygen atoms in total. The molecule has 1 unspecified atom stereocenters. The van der Waals surface area contributed by atoms with Crippen LogP contribution in [-0.4, -0.2) is 12.1 Å². The van der Waals surface area contributed by atoms with Crippen LogP contribution in [0.25, 0.3) is 0 Å². The molecule has 2 rings (SSSR count). The van der Waals surface area contributed by atoms with E-state index < -0.39 is 0 Å². The molecule has 0 bridgehead atoms. The molecule has 0 aliphatic rings. The average Bonchev–Trinajstić information content (AvgIpc) is 2.44. The van der Waals surface area contributed by atoms with E-state index in [1.807, 2.05) is 31.2 Å². The summed E-state index contributed by atoms with van der Waals surface area (Å²) in [7, 11) is 1.63. The van der Waals surface area contributed by atoms with Crippen LogP contribution in [-0.2, 0) is 0 Å². The summed E-state index contributed by atoms with van der Waals surface area (Å²) in [5.74, 6) is 6.41. The fraction of sp³-hybridized carbons (Fsp3) is 0.214. The van der Waals surface area contributed by atoms with Crippen molar-refractivity contribution in [1.82, 2.24) is 10.4 Å². The SMILES string of the molecule is COc1cccnc1C(NN)c1ccc(Br)c(C)c1. The number of halogens is 1. The molecule has 0 saturated heterocycles. The average molecular weight is 322 g/mol. The maximum Gasteiger partial charge on any atom is 0.142 e. The lowest BCUT2D eigenvalue weighted by atomic mass is 10.0. The molecule has 1 aromatic carbocycles. The summed E-state index contributed by atoms with van der Waals surface area (Å²) in [6, 6.07) is 9.59. The normalized spacial score (nSPS) is 12.2. The van der Waals surface area contributed by atoms with E-state index >= 15 is 0 Å². The van der Waals surface area contributed by atoms with E-state index in [0.29, 0.717) is 5.75 Å². The molecule has 0 aliphatic heterocycles. The minimum atomic E-state index is -0.206. The van der Waals surface area contributed by atoms with Crippen LogP contribution in [0.2, 0.25) is 0 Å². The van der Waals surface area contributed by atoms with Gasteiger partial charge in [0.15, 0.2) is 0 Å². The first-order chi connectivity index (χ1) is 9.17. The number of methoxy groups -OCH3 is 1. The van der Waals surface area contributed by atoms with Gasteiger partial charge in [-0.25, -0.2) is 5.43 Å². The number of nitrogens with two attached hydrogens (primary N) is 1. The van der Waals surface area contributed by atoms with E-state index in [-0.39, 0.29) is 6.04 Å². The van der Waals surface area contributed by atoms with Crippen molar-refractivity contribution in [1.29, 1.82) is 0 Å². The Morgan fingerprint density at radius 2 is 2.16 bits per heavy atom. The van der Waals surface area contributed by atoms with Crippen LogP contribution < -0.4 is 16.0 Å². The monoisotopic (exact) mass is 321 g/mol. The fourth-order valence-corrected chi connectivity index (χ4v) is 2.22. The highest BCUT2D eigenvalue weighted by Crippen LogP contribution is 2.29. The standard InChI is InChI=1S/C14H16BrN3O/c1-9-8-10(5-6-11(9)15)13(18-16)14-12(19-2)4-3-7-17-14/h3-8,13,18H,16H2,1-2H3. The lowest BCUT2D eigenvalue weighted by Gasteiger charge is -2.19. The zero-order valence-electron chi connectivity index (χ0n) is 10.9. The van der Waals surface area contributed by atoms with Crippen molar-refractivity contribution in [2.75, 3.05) is 7.11 Å². The number of rotatable bonds is 4. The zero-order valence-corrected chi connectivity index (χ0v) is 12.4. The highest BCUT2D eigenvalue weighted by Gasteiger charge is 2.18. The Labute approximate surface area is 121 Å². The van der Waals surface area contributed by atoms with Gasteiger partial charge in [-0.15, -0.1) is 0 Å². The Balaban J connectivity index is 2.46. The van der Waals surface area contributed by atoms with Gasteiger partial charge in [-0.2, -0.15) is 0 Å². The highest BCUT2D eigenvalue weighted by molar-refractivity contribution is 9.10. The Morgan fingerprint density at radius 3 is 2.79 bits per heavy atom. The molecule has 5 heteroatoms. The summed E-state index contributed by atoms with van der Waals surface area (Å²) in [6.45, 7) is 2.04. The quantitative estimate of drug-likeness (QED) is 0.671. The van der Waals surface area contributed by atoms with Crippen LogP contribution in [0.15, 0.2) is 41.0 Å². The van der Waals surface area contributed by atoms with Gasteiger partial charge in [-0.1, -0.05) is 28.1 Å². The molecule has 19 heavy (non-hydrogen) atoms. The molecule has 100 valence electrons. The molecular formula is C14H16BrN3O. The third-order valence-corrected chi connectivity index (χ3v) is 3.86. The first-order valence-electron chi connectivity index (χ1n) is 5.88. The Hall–Kier alpha value is -1.43. The lowest BCUT2D eigenvalue weighted by molar-refractivity contribution is 0.400. The topological polar surface area (TPSA) is 60.2 Å². The Morgan fingerprint density at radius 1 is 1.37 bits per heavy atom. The minimum Gasteiger partial charge on any atom is -0.495 e. The number of nitrogens with one attached hydrogen (secondary N) is 1. The van der Waals surface area contributed by atoms with E-state index in [2.05, 4.69) is 32.4 Å². The Bertz CT molecular complexity index is 574. The number of ether oxygens (including phenoxy) is 1. The van der Waals surface area contributed by atoms with Crippen LogP contribution in [0, 0.1) is 6.92 Å². The van der Waals surface area contributed by atoms with Crippen molar-refractivity contribution in [3.63, 3.8) is 0 Å². The molecule has 1 heterocycles. The number of pyridine rings is 1. The van der Waals surface area contributed by atoms with Gasteiger partial charge >= 0.3 is 0 Å². The van der Waals surface area contributed by atoms with Gasteiger partial charge in [0.1, 0.15) is 11.4 Å². The molecule has 3 N–H and O–H groups in total. The van der Waals surface area contributed by atoms with E-state index in [1.165, 1.54) is 0 Å². The second kappa shape index (κ2) is 6.14. The maximum atomic E-state index is 5.69. The number of hydrogen-bond acceptors (Lipinski definition) is 4. The van der Waals surface area contributed by atoms with Crippen molar-refractivity contribution in [2.24, 2.45) is 5.84 Å².